The van der Waals surface area contributed by atoms with E-state index in [0.29, 0.717) is 50.7 Å². The van der Waals surface area contributed by atoms with Gasteiger partial charge in [-0.25, -0.2) is 9.97 Å². The van der Waals surface area contributed by atoms with Gasteiger partial charge in [0.15, 0.2) is 18.3 Å². The van der Waals surface area contributed by atoms with Crippen LogP contribution in [0, 0.1) is 18.3 Å². The summed E-state index contributed by atoms with van der Waals surface area (Å²) >= 11 is 11.9. The zero-order chi connectivity index (χ0) is 99.2. The van der Waals surface area contributed by atoms with E-state index in [1.54, 1.807) is 27.5 Å². The van der Waals surface area contributed by atoms with Crippen LogP contribution in [-0.4, -0.2) is 198 Å². The second kappa shape index (κ2) is 75.0. The second-order valence-electron chi connectivity index (χ2n) is 24.8. The number of ether oxygens (including phenoxy) is 9. The number of nitrogens with zero attached hydrogens (tertiary/aromatic N) is 4. The largest absolute Gasteiger partial charge is 1.00 e. The Balaban J connectivity index is -0.000000285. The molecule has 0 aliphatic carbocycles. The molecule has 0 saturated carbocycles. The van der Waals surface area contributed by atoms with Crippen LogP contribution in [0.4, 0.5) is 79.0 Å². The van der Waals surface area contributed by atoms with E-state index in [2.05, 4.69) is 92.4 Å². The molecule has 2 aromatic heterocycles. The molecule has 2 aliphatic heterocycles. The Kier molecular flexibility index (Phi) is 78.2. The summed E-state index contributed by atoms with van der Waals surface area (Å²) in [5.41, 5.74) is -4.96. The number of hydrogen-bond donors (Lipinski definition) is 10. The Hall–Kier alpha value is -2.82. The molecule has 3 unspecified atom stereocenters. The maximum Gasteiger partial charge on any atom is 1.00 e. The molecule has 3 atom stereocenters. The van der Waals surface area contributed by atoms with Crippen molar-refractivity contribution in [3.63, 3.8) is 0 Å². The van der Waals surface area contributed by atoms with Crippen LogP contribution in [0.1, 0.15) is 98.8 Å². The van der Waals surface area contributed by atoms with Crippen LogP contribution in [0.15, 0.2) is 135 Å². The molecule has 4 heterocycles. The van der Waals surface area contributed by atoms with E-state index < -0.39 is 109 Å². The number of carbonyl (C=O) groups is 1. The fourth-order valence-corrected chi connectivity index (χ4v) is 10.8. The Bertz CT molecular complexity index is 4590. The smallest absolute Gasteiger partial charge is 1.00 e. The number of imidazole rings is 1. The number of hydrogen-bond acceptors (Lipinski definition) is 25. The second-order valence-corrected chi connectivity index (χ2v) is 28.3. The first-order valence-electron chi connectivity index (χ1n) is 37.7. The predicted molar refractivity (Wildman–Crippen MR) is 459 cm³/mol. The summed E-state index contributed by atoms with van der Waals surface area (Å²) < 4.78 is 284. The molecule has 10 N–H and O–H groups in total. The van der Waals surface area contributed by atoms with Crippen LogP contribution in [0.25, 0.3) is 22.3 Å². The van der Waals surface area contributed by atoms with Crippen LogP contribution < -0.4 is 161 Å². The fourth-order valence-electron chi connectivity index (χ4n) is 9.75. The number of aliphatic hydroxyl groups is 5. The molecule has 0 spiro atoms. The van der Waals surface area contributed by atoms with Crippen molar-refractivity contribution in [2.75, 3.05) is 98.3 Å². The first-order valence-corrected chi connectivity index (χ1v) is 40.6. The van der Waals surface area contributed by atoms with E-state index in [-0.39, 0.29) is 290 Å². The van der Waals surface area contributed by atoms with Crippen molar-refractivity contribution >= 4 is 129 Å². The molecule has 2 fully saturated rings. The Morgan fingerprint density at radius 2 is 0.873 bits per heavy atom. The topological polar surface area (TPSA) is 389 Å². The molecule has 742 valence electrons. The van der Waals surface area contributed by atoms with Gasteiger partial charge < -0.3 is 116 Å². The van der Waals surface area contributed by atoms with E-state index in [0.717, 1.165) is 101 Å². The maximum atomic E-state index is 13.4. The van der Waals surface area contributed by atoms with Gasteiger partial charge in [0.2, 0.25) is 0 Å². The Labute approximate surface area is 916 Å². The zero-order valence-corrected chi connectivity index (χ0v) is 88.1. The first kappa shape index (κ1) is 140. The third kappa shape index (κ3) is 55.7. The van der Waals surface area contributed by atoms with Gasteiger partial charge in [-0.1, -0.05) is 89.2 Å². The molecule has 2 aliphatic rings. The number of nitriles is 1. The summed E-state index contributed by atoms with van der Waals surface area (Å²) in [6.07, 6.45) is -18.6. The van der Waals surface area contributed by atoms with Crippen LogP contribution in [0.5, 0.6) is 34.5 Å². The average Bonchev–Trinajstić information content (AvgIpc) is 1.70. The molecule has 134 heavy (non-hydrogen) atoms. The van der Waals surface area contributed by atoms with Crippen molar-refractivity contribution in [1.82, 2.24) is 14.5 Å². The minimum Gasteiger partial charge on any atom is -1.00 e. The van der Waals surface area contributed by atoms with Crippen molar-refractivity contribution in [3.8, 4) is 51.8 Å². The van der Waals surface area contributed by atoms with Crippen molar-refractivity contribution in [2.24, 2.45) is 7.05 Å². The van der Waals surface area contributed by atoms with Gasteiger partial charge in [-0.05, 0) is 153 Å². The summed E-state index contributed by atoms with van der Waals surface area (Å²) in [5.74, 6) is -2.45. The van der Waals surface area contributed by atoms with Crippen molar-refractivity contribution in [3.05, 3.63) is 181 Å². The van der Waals surface area contributed by atoms with Gasteiger partial charge in [-0.15, -0.1) is 12.4 Å². The number of aliphatic hydroxyl groups excluding tert-OH is 5. The van der Waals surface area contributed by atoms with Gasteiger partial charge in [-0.3, -0.25) is 4.79 Å². The number of aromatic nitrogens is 3. The van der Waals surface area contributed by atoms with E-state index >= 15 is 0 Å². The minimum atomic E-state index is -4.67. The molecule has 56 heteroatoms. The number of unbranched alkanes of at least 4 members (excludes halogenated alkanes) is 1. The molecule has 0 bridgehead atoms. The number of aromatic hydroxyl groups is 1. The molecular formula is C78H93B2Br4ClF18K2LiN4O22PPd. The Morgan fingerprint density at radius 3 is 1.16 bits per heavy atom. The third-order valence-electron chi connectivity index (χ3n) is 15.5. The SMILES string of the molecule is CO.Cl.Cn1cnc2c(C#N)nc(-c3ccc(OCCO)c(C(F)(F)F)c3)cc21.FC(F)(F)c1cc(Br)ccc1OCCOC1CCCCO1.O=CO[O-].OB(O)c1ccc(OCCOC2CCCCO2)c(C(F)(F)F)c1.OCCBr.OCCOc1ccc(B(O)O)cc1C(F)(F)F.OCCOc1ccc(Br)cc1C(F)(F)F.Oc1ccc(Br)cc1C(F)(F)F.[2H]P.[CH2-]CCC.[H-].[K+].[K+].[Li+].[Pd]. The van der Waals surface area contributed by atoms with Gasteiger partial charge in [0.1, 0.15) is 79.1 Å². The zero-order valence-electron chi connectivity index (χ0n) is 74.0. The summed E-state index contributed by atoms with van der Waals surface area (Å²) in [6.45, 7) is 5.51. The number of alkyl halides is 19. The molecule has 0 amide bonds. The number of aryl methyl sites for hydroxylation is 1. The van der Waals surface area contributed by atoms with Crippen molar-refractivity contribution < 1.29 is 331 Å². The molecule has 0 radical (unpaired) electrons. The van der Waals surface area contributed by atoms with Crippen LogP contribution in [0.3, 0.4) is 0 Å². The van der Waals surface area contributed by atoms with Crippen LogP contribution in [0.2, 0.25) is 0 Å². The number of benzene rings is 6. The number of pyridine rings is 1. The van der Waals surface area contributed by atoms with Gasteiger partial charge in [0.25, 0.3) is 6.47 Å². The fraction of sp³-hybridized carbons (Fsp3) is 0.423. The monoisotopic (exact) mass is 2380 g/mol. The van der Waals surface area contributed by atoms with E-state index in [1.165, 1.54) is 61.3 Å². The quantitative estimate of drug-likeness (QED) is 0.00361. The molecular weight excluding hydrogens is 2290 g/mol. The average molecular weight is 2380 g/mol. The number of phenols is 1. The molecule has 26 nitrogen and oxygen atoms in total. The third-order valence-corrected chi connectivity index (χ3v) is 17.3. The van der Waals surface area contributed by atoms with Crippen molar-refractivity contribution in [1.29, 1.82) is 6.54 Å². The summed E-state index contributed by atoms with van der Waals surface area (Å²) in [5, 5.41) is 103. The van der Waals surface area contributed by atoms with Gasteiger partial charge in [0.05, 0.1) is 91.8 Å². The van der Waals surface area contributed by atoms with Gasteiger partial charge in [0, 0.05) is 72.1 Å². The summed E-state index contributed by atoms with van der Waals surface area (Å²) in [4.78, 5) is 19.5. The standard InChI is InChI=1S/C17H13F3N4O2.C14H18BF3O5.C14H16BrF3O3.C9H10BF3O4.C9H8BrF3O2.C7H4BrF3O.C4H9.C2H5BrO.CH2O3.CH4O.ClH.2K.Li.H3P.Pd.H/c1-24-9-22-16-13(8-21)23-12(7-14(16)24)10-2-3-15(26-5-4-25)11(6-10)17(18,19)20;16-14(17,18)11-9-10(15(19)20)4-5-12(11)21-7-8-23-13-3-1-2-6-22-13;15-10-4-5-12(11(9-10)14(16,17)18)19-7-8-21-13-3-1-2-6-20-13;11-9(12,13)7-5-6(10(15)16)1-2-8(7)17-4-3-14;10-6-1-2-8(15-4-3-14)7(5-6)9(11,12)13;8-4-1-2-6(12)5(3-4)7(9,10)11;1-3-4-2;3-1-2-4;2-1-4-3;1-2;;;;;;;/h2-3,6-7,9,25H,4-5H2,1H3;4-5,9,13,19-20H,1-3,6-8H2;4-5,9,13H,1-3,6-8H2;1-2,5,14-16H,3-4H2;1-2,5,14H,3-4H2;1-3,12H;1,3-4H2,2H3;4H,1-2H2;1,3H;2H,1H3;1H;;;;1H3;;/q;;;;;;-1;;;;;3*+1;;;-1/p-1/i;;;;;;;;;;;;;;1D;;. The minimum absolute atomic E-state index is 0. The number of fused-ring (bicyclic) bond motifs is 1. The van der Waals surface area contributed by atoms with Crippen LogP contribution >= 0.6 is 86.0 Å². The van der Waals surface area contributed by atoms with Crippen LogP contribution in [-0.2, 0) is 93.2 Å². The predicted octanol–water partition coefficient (Wildman–Crippen LogP) is 6.00. The van der Waals surface area contributed by atoms with E-state index in [4.69, 9.17) is 105 Å². The number of carbonyl (C=O) groups excluding carboxylic acids is 1. The summed E-state index contributed by atoms with van der Waals surface area (Å²) in [6, 6.07) is 23.1. The van der Waals surface area contributed by atoms with E-state index in [9.17, 15) is 84.3 Å². The first-order chi connectivity index (χ1) is 61.1. The molecule has 2 saturated heterocycles. The van der Waals surface area contributed by atoms with Gasteiger partial charge in [-0.2, -0.15) is 101 Å². The number of halogens is 23. The maximum absolute atomic E-state index is 13.4. The number of rotatable bonds is 25. The normalized spacial score (nSPS) is 13.0. The Morgan fingerprint density at radius 1 is 0.560 bits per heavy atom. The van der Waals surface area contributed by atoms with Gasteiger partial charge >= 0.3 is 173 Å². The molecule has 10 rings (SSSR count). The van der Waals surface area contributed by atoms with E-state index in [1.807, 2.05) is 6.07 Å². The molecule has 8 aromatic rings. The summed E-state index contributed by atoms with van der Waals surface area (Å²) in [7, 11) is 0.424. The number of phenolic OH excluding ortho intramolecular Hbond substituents is 1. The molecule has 6 aromatic carbocycles. The van der Waals surface area contributed by atoms with Crippen molar-refractivity contribution in [2.45, 2.75) is 108 Å².